The zero-order valence-corrected chi connectivity index (χ0v) is 10.0. The second-order valence-corrected chi connectivity index (χ2v) is 5.11. The summed E-state index contributed by atoms with van der Waals surface area (Å²) in [5.74, 6) is 0.518. The summed E-state index contributed by atoms with van der Waals surface area (Å²) in [4.78, 5) is 6.42. The number of nitrogens with one attached hydrogen (secondary N) is 2. The van der Waals surface area contributed by atoms with Crippen LogP contribution < -0.4 is 4.72 Å². The first-order valence-corrected chi connectivity index (χ1v) is 6.41. The Hall–Kier alpha value is -1.39. The van der Waals surface area contributed by atoms with Gasteiger partial charge in [-0.1, -0.05) is 13.3 Å². The first-order valence-electron chi connectivity index (χ1n) is 4.93. The van der Waals surface area contributed by atoms with Gasteiger partial charge in [-0.3, -0.25) is 0 Å². The third-order valence-corrected chi connectivity index (χ3v) is 3.38. The van der Waals surface area contributed by atoms with Crippen LogP contribution in [-0.2, 0) is 10.0 Å². The SMILES string of the molecule is CCCC(C#N)NS(=O)(=O)c1cnc(C)[nH]1. The number of nitrogens with zero attached hydrogens (tertiary/aromatic N) is 2. The molecule has 1 unspecified atom stereocenters. The lowest BCUT2D eigenvalue weighted by Crippen LogP contribution is -2.33. The number of aromatic amines is 1. The van der Waals surface area contributed by atoms with Crippen LogP contribution in [0.5, 0.6) is 0 Å². The molecule has 1 heterocycles. The molecule has 1 rings (SSSR count). The van der Waals surface area contributed by atoms with E-state index in [1.165, 1.54) is 6.20 Å². The Labute approximate surface area is 94.8 Å². The van der Waals surface area contributed by atoms with Crippen molar-refractivity contribution in [3.05, 3.63) is 12.0 Å². The molecule has 0 saturated carbocycles. The molecule has 1 aromatic heterocycles. The molecule has 0 spiro atoms. The van der Waals surface area contributed by atoms with Crippen molar-refractivity contribution in [3.8, 4) is 6.07 Å². The zero-order chi connectivity index (χ0) is 12.2. The maximum absolute atomic E-state index is 11.8. The number of hydrogen-bond donors (Lipinski definition) is 2. The number of H-pyrrole nitrogens is 1. The van der Waals surface area contributed by atoms with Crippen molar-refractivity contribution in [1.82, 2.24) is 14.7 Å². The van der Waals surface area contributed by atoms with Crippen molar-refractivity contribution >= 4 is 10.0 Å². The average Bonchev–Trinajstić information content (AvgIpc) is 2.64. The zero-order valence-electron chi connectivity index (χ0n) is 9.19. The molecule has 0 saturated heterocycles. The van der Waals surface area contributed by atoms with Crippen LogP contribution in [0.1, 0.15) is 25.6 Å². The molecule has 16 heavy (non-hydrogen) atoms. The molecule has 0 amide bonds. The van der Waals surface area contributed by atoms with Crippen LogP contribution in [0.25, 0.3) is 0 Å². The molecule has 0 aliphatic rings. The number of imidazole rings is 1. The second-order valence-electron chi connectivity index (χ2n) is 3.42. The predicted octanol–water partition coefficient (Wildman–Crippen LogP) is 0.689. The topological polar surface area (TPSA) is 98.6 Å². The maximum Gasteiger partial charge on any atom is 0.258 e. The second kappa shape index (κ2) is 5.09. The Kier molecular flexibility index (Phi) is 4.04. The van der Waals surface area contributed by atoms with E-state index in [0.717, 1.165) is 6.42 Å². The van der Waals surface area contributed by atoms with Gasteiger partial charge in [0.25, 0.3) is 10.0 Å². The van der Waals surface area contributed by atoms with Crippen molar-refractivity contribution in [2.75, 3.05) is 0 Å². The van der Waals surface area contributed by atoms with Gasteiger partial charge in [0.05, 0.1) is 12.3 Å². The number of nitriles is 1. The molecule has 0 fully saturated rings. The third-order valence-electron chi connectivity index (χ3n) is 2.00. The molecule has 0 aliphatic heterocycles. The summed E-state index contributed by atoms with van der Waals surface area (Å²) in [5, 5.41) is 8.76. The van der Waals surface area contributed by atoms with E-state index in [2.05, 4.69) is 14.7 Å². The van der Waals surface area contributed by atoms with Gasteiger partial charge in [-0.15, -0.1) is 0 Å². The lowest BCUT2D eigenvalue weighted by molar-refractivity contribution is 0.560. The molecule has 0 bridgehead atoms. The summed E-state index contributed by atoms with van der Waals surface area (Å²) in [7, 11) is -3.66. The van der Waals surface area contributed by atoms with Crippen molar-refractivity contribution < 1.29 is 8.42 Å². The van der Waals surface area contributed by atoms with Gasteiger partial charge in [-0.2, -0.15) is 9.98 Å². The van der Waals surface area contributed by atoms with Crippen LogP contribution >= 0.6 is 0 Å². The highest BCUT2D eigenvalue weighted by Crippen LogP contribution is 2.07. The lowest BCUT2D eigenvalue weighted by atomic mass is 10.2. The highest BCUT2D eigenvalue weighted by atomic mass is 32.2. The summed E-state index contributed by atoms with van der Waals surface area (Å²) < 4.78 is 25.8. The molecular formula is C9H14N4O2S. The summed E-state index contributed by atoms with van der Waals surface area (Å²) >= 11 is 0. The molecule has 6 nitrogen and oxygen atoms in total. The van der Waals surface area contributed by atoms with Crippen LogP contribution in [0.15, 0.2) is 11.2 Å². The van der Waals surface area contributed by atoms with Crippen LogP contribution in [0.2, 0.25) is 0 Å². The number of aromatic nitrogens is 2. The lowest BCUT2D eigenvalue weighted by Gasteiger charge is -2.09. The largest absolute Gasteiger partial charge is 0.332 e. The third kappa shape index (κ3) is 3.05. The van der Waals surface area contributed by atoms with E-state index in [4.69, 9.17) is 5.26 Å². The Morgan fingerprint density at radius 3 is 2.81 bits per heavy atom. The molecular weight excluding hydrogens is 228 g/mol. The molecule has 88 valence electrons. The van der Waals surface area contributed by atoms with Crippen LogP contribution in [0, 0.1) is 18.3 Å². The fraction of sp³-hybridized carbons (Fsp3) is 0.556. The number of aryl methyl sites for hydroxylation is 1. The first kappa shape index (κ1) is 12.7. The van der Waals surface area contributed by atoms with E-state index in [1.807, 2.05) is 13.0 Å². The summed E-state index contributed by atoms with van der Waals surface area (Å²) in [6.45, 7) is 3.55. The van der Waals surface area contributed by atoms with Crippen molar-refractivity contribution in [3.63, 3.8) is 0 Å². The Morgan fingerprint density at radius 2 is 2.38 bits per heavy atom. The first-order chi connectivity index (χ1) is 7.49. The summed E-state index contributed by atoms with van der Waals surface area (Å²) in [6.07, 6.45) is 2.46. The van der Waals surface area contributed by atoms with Crippen molar-refractivity contribution in [2.24, 2.45) is 0 Å². The highest BCUT2D eigenvalue weighted by Gasteiger charge is 2.20. The molecule has 7 heteroatoms. The van der Waals surface area contributed by atoms with Gasteiger partial charge in [-0.05, 0) is 13.3 Å². The fourth-order valence-electron chi connectivity index (χ4n) is 1.22. The standard InChI is InChI=1S/C9H14N4O2S/c1-3-4-8(5-10)13-16(14,15)9-6-11-7(2)12-9/h6,8,13H,3-4H2,1-2H3,(H,11,12). The average molecular weight is 242 g/mol. The Balaban J connectivity index is 2.84. The number of rotatable bonds is 5. The molecule has 0 aliphatic carbocycles. The Bertz CT molecular complexity index is 486. The van der Waals surface area contributed by atoms with Crippen LogP contribution in [-0.4, -0.2) is 24.4 Å². The van der Waals surface area contributed by atoms with E-state index in [-0.39, 0.29) is 5.03 Å². The molecule has 1 atom stereocenters. The summed E-state index contributed by atoms with van der Waals surface area (Å²) in [5.41, 5.74) is 0. The minimum atomic E-state index is -3.66. The van der Waals surface area contributed by atoms with Gasteiger partial charge < -0.3 is 4.98 Å². The van der Waals surface area contributed by atoms with E-state index in [9.17, 15) is 8.42 Å². The molecule has 1 aromatic rings. The monoisotopic (exact) mass is 242 g/mol. The quantitative estimate of drug-likeness (QED) is 0.793. The number of sulfonamides is 1. The van der Waals surface area contributed by atoms with E-state index in [1.54, 1.807) is 6.92 Å². The minimum Gasteiger partial charge on any atom is -0.332 e. The van der Waals surface area contributed by atoms with Gasteiger partial charge in [0.15, 0.2) is 5.03 Å². The highest BCUT2D eigenvalue weighted by molar-refractivity contribution is 7.89. The van der Waals surface area contributed by atoms with E-state index < -0.39 is 16.1 Å². The van der Waals surface area contributed by atoms with Gasteiger partial charge >= 0.3 is 0 Å². The minimum absolute atomic E-state index is 0.0126. The molecule has 2 N–H and O–H groups in total. The van der Waals surface area contributed by atoms with Crippen molar-refractivity contribution in [1.29, 1.82) is 5.26 Å². The van der Waals surface area contributed by atoms with Crippen molar-refractivity contribution in [2.45, 2.75) is 37.8 Å². The van der Waals surface area contributed by atoms with Gasteiger partial charge in [0.1, 0.15) is 11.9 Å². The maximum atomic E-state index is 11.8. The molecule has 0 aromatic carbocycles. The normalized spacial score (nSPS) is 13.3. The predicted molar refractivity (Wildman–Crippen MR) is 58.0 cm³/mol. The van der Waals surface area contributed by atoms with Gasteiger partial charge in [-0.25, -0.2) is 13.4 Å². The molecule has 0 radical (unpaired) electrons. The van der Waals surface area contributed by atoms with E-state index in [0.29, 0.717) is 12.2 Å². The summed E-state index contributed by atoms with van der Waals surface area (Å²) in [6, 6.07) is 1.22. The smallest absolute Gasteiger partial charge is 0.258 e. The van der Waals surface area contributed by atoms with Gasteiger partial charge in [0, 0.05) is 0 Å². The van der Waals surface area contributed by atoms with Crippen LogP contribution in [0.3, 0.4) is 0 Å². The van der Waals surface area contributed by atoms with Gasteiger partial charge in [0.2, 0.25) is 0 Å². The van der Waals surface area contributed by atoms with Crippen LogP contribution in [0.4, 0.5) is 0 Å². The number of hydrogen-bond acceptors (Lipinski definition) is 4. The van der Waals surface area contributed by atoms with E-state index >= 15 is 0 Å². The fourth-order valence-corrected chi connectivity index (χ4v) is 2.37. The Morgan fingerprint density at radius 1 is 1.69 bits per heavy atom.